The SMILES string of the molecule is FC(F)(F)c1ccc(N(c2ccc(C(F)(F)F)cc2)N(c2c(C(F)(F)F)cccc2C(F)(F)F)c2c(C(F)(F)F)cccc2C(F)(F)F)cc1. The van der Waals surface area contributed by atoms with Crippen molar-refractivity contribution in [1.82, 2.24) is 0 Å². The van der Waals surface area contributed by atoms with E-state index in [1.165, 1.54) is 0 Å². The first kappa shape index (κ1) is 38.0. The van der Waals surface area contributed by atoms with Crippen LogP contribution in [0.5, 0.6) is 0 Å². The topological polar surface area (TPSA) is 6.48 Å². The molecule has 0 aromatic heterocycles. The Bertz CT molecular complexity index is 1610. The number of nitrogens with zero attached hydrogens (tertiary/aromatic N) is 2. The average molecular weight is 744 g/mol. The largest absolute Gasteiger partial charge is 0.418 e. The van der Waals surface area contributed by atoms with Crippen molar-refractivity contribution in [2.24, 2.45) is 0 Å². The molecule has 20 heteroatoms. The number of hydrazine groups is 1. The molecule has 2 nitrogen and oxygen atoms in total. The maximum Gasteiger partial charge on any atom is 0.418 e. The van der Waals surface area contributed by atoms with Crippen LogP contribution < -0.4 is 10.0 Å². The van der Waals surface area contributed by atoms with Crippen LogP contribution in [0.3, 0.4) is 0 Å². The van der Waals surface area contributed by atoms with Gasteiger partial charge in [0.05, 0.1) is 56.1 Å². The van der Waals surface area contributed by atoms with E-state index in [2.05, 4.69) is 0 Å². The Hall–Kier alpha value is -4.78. The van der Waals surface area contributed by atoms with Crippen LogP contribution in [0.1, 0.15) is 33.4 Å². The van der Waals surface area contributed by atoms with Gasteiger partial charge in [-0.1, -0.05) is 12.1 Å². The van der Waals surface area contributed by atoms with Crippen LogP contribution in [-0.4, -0.2) is 0 Å². The van der Waals surface area contributed by atoms with Gasteiger partial charge < -0.3 is 0 Å². The normalized spacial score (nSPS) is 13.4. The maximum atomic E-state index is 14.5. The van der Waals surface area contributed by atoms with E-state index in [-0.39, 0.29) is 89.9 Å². The van der Waals surface area contributed by atoms with Gasteiger partial charge in [0.25, 0.3) is 0 Å². The summed E-state index contributed by atoms with van der Waals surface area (Å²) in [6.45, 7) is 0. The van der Waals surface area contributed by atoms with Gasteiger partial charge in [0, 0.05) is 0 Å². The molecule has 0 spiro atoms. The second-order valence-corrected chi connectivity index (χ2v) is 10.1. The fourth-order valence-corrected chi connectivity index (χ4v) is 4.73. The van der Waals surface area contributed by atoms with Crippen molar-refractivity contribution in [3.05, 3.63) is 118 Å². The van der Waals surface area contributed by atoms with Crippen LogP contribution in [0.25, 0.3) is 0 Å². The Kier molecular flexibility index (Phi) is 9.52. The minimum atomic E-state index is -5.98. The number of hydrogen-bond acceptors (Lipinski definition) is 2. The van der Waals surface area contributed by atoms with Gasteiger partial charge in [-0.25, -0.2) is 10.0 Å². The van der Waals surface area contributed by atoms with E-state index in [9.17, 15) is 79.0 Å². The van der Waals surface area contributed by atoms with Crippen LogP contribution in [0, 0.1) is 0 Å². The first-order chi connectivity index (χ1) is 22.6. The minimum Gasteiger partial charge on any atom is -0.249 e. The molecule has 4 aromatic carbocycles. The van der Waals surface area contributed by atoms with E-state index in [1.54, 1.807) is 0 Å². The number of rotatable bonds is 5. The zero-order valence-electron chi connectivity index (χ0n) is 23.8. The highest BCUT2D eigenvalue weighted by Gasteiger charge is 2.49. The summed E-state index contributed by atoms with van der Waals surface area (Å²) in [4.78, 5) is 0. The smallest absolute Gasteiger partial charge is 0.249 e. The molecule has 0 N–H and O–H groups in total. The predicted molar refractivity (Wildman–Crippen MR) is 140 cm³/mol. The molecule has 0 heterocycles. The Morgan fingerprint density at radius 2 is 0.520 bits per heavy atom. The summed E-state index contributed by atoms with van der Waals surface area (Å²) in [7, 11) is 0. The number of anilines is 4. The van der Waals surface area contributed by atoms with E-state index in [4.69, 9.17) is 0 Å². The fourth-order valence-electron chi connectivity index (χ4n) is 4.73. The van der Waals surface area contributed by atoms with Gasteiger partial charge in [0.1, 0.15) is 0 Å². The molecule has 0 unspecified atom stereocenters. The molecule has 4 aromatic rings. The zero-order chi connectivity index (χ0) is 37.8. The highest BCUT2D eigenvalue weighted by molar-refractivity contribution is 5.84. The summed E-state index contributed by atoms with van der Waals surface area (Å²) in [5.74, 6) is 0. The minimum absolute atomic E-state index is 0.126. The van der Waals surface area contributed by atoms with Crippen LogP contribution >= 0.6 is 0 Å². The van der Waals surface area contributed by atoms with Crippen molar-refractivity contribution < 1.29 is 79.0 Å². The van der Waals surface area contributed by atoms with Gasteiger partial charge in [-0.05, 0) is 72.8 Å². The molecule has 0 aliphatic carbocycles. The molecule has 0 radical (unpaired) electrons. The van der Waals surface area contributed by atoms with Crippen molar-refractivity contribution in [3.8, 4) is 0 Å². The first-order valence-electron chi connectivity index (χ1n) is 13.1. The number of hydrogen-bond donors (Lipinski definition) is 0. The van der Waals surface area contributed by atoms with Crippen LogP contribution in [0.15, 0.2) is 84.9 Å². The lowest BCUT2D eigenvalue weighted by molar-refractivity contribution is -0.142. The predicted octanol–water partition coefficient (Wildman–Crippen LogP) is 12.7. The van der Waals surface area contributed by atoms with Gasteiger partial charge in [-0.15, -0.1) is 0 Å². The van der Waals surface area contributed by atoms with Crippen LogP contribution in [0.4, 0.5) is 102 Å². The Labute approximate surface area is 267 Å². The number of halogens is 18. The molecule has 0 fully saturated rings. The number of alkyl halides is 18. The Morgan fingerprint density at radius 3 is 0.720 bits per heavy atom. The molecule has 0 aliphatic heterocycles. The molecule has 4 rings (SSSR count). The Balaban J connectivity index is 2.34. The summed E-state index contributed by atoms with van der Waals surface area (Å²) >= 11 is 0. The third kappa shape index (κ3) is 7.83. The monoisotopic (exact) mass is 744 g/mol. The first-order valence-corrected chi connectivity index (χ1v) is 13.1. The van der Waals surface area contributed by atoms with E-state index in [0.29, 0.717) is 0 Å². The molecule has 0 bridgehead atoms. The fraction of sp³-hybridized carbons (Fsp3) is 0.200. The number of para-hydroxylation sites is 2. The molecule has 0 saturated carbocycles. The van der Waals surface area contributed by atoms with Gasteiger partial charge in [0.2, 0.25) is 0 Å². The second kappa shape index (κ2) is 12.5. The molecular formula is C30H14F18N2. The summed E-state index contributed by atoms with van der Waals surface area (Å²) < 4.78 is 254. The standard InChI is InChI=1S/C30H14F18N2/c31-25(32,33)15-7-11-17(12-8-15)49(18-13-9-16(10-14-18)26(34,35)36)50(23-19(27(37,38)39)3-1-4-20(23)28(40,41)42)24-21(29(43,44)45)5-2-6-22(24)30(46,47)48/h1-14H. The van der Waals surface area contributed by atoms with Gasteiger partial charge >= 0.3 is 37.1 Å². The molecule has 0 atom stereocenters. The molecule has 270 valence electrons. The van der Waals surface area contributed by atoms with Crippen molar-refractivity contribution in [2.45, 2.75) is 37.1 Å². The third-order valence-corrected chi connectivity index (χ3v) is 6.80. The Morgan fingerprint density at radius 1 is 0.280 bits per heavy atom. The average Bonchev–Trinajstić information content (AvgIpc) is 2.96. The highest BCUT2D eigenvalue weighted by atomic mass is 19.4. The van der Waals surface area contributed by atoms with Crippen molar-refractivity contribution in [2.75, 3.05) is 10.0 Å². The van der Waals surface area contributed by atoms with Crippen molar-refractivity contribution in [3.63, 3.8) is 0 Å². The van der Waals surface area contributed by atoms with E-state index >= 15 is 0 Å². The second-order valence-electron chi connectivity index (χ2n) is 10.1. The molecule has 0 saturated heterocycles. The molecular weight excluding hydrogens is 730 g/mol. The van der Waals surface area contributed by atoms with Gasteiger partial charge in [-0.3, -0.25) is 0 Å². The van der Waals surface area contributed by atoms with Gasteiger partial charge in [-0.2, -0.15) is 79.0 Å². The molecule has 0 aliphatic rings. The van der Waals surface area contributed by atoms with E-state index < -0.39 is 98.2 Å². The summed E-state index contributed by atoms with van der Waals surface area (Å²) in [6.07, 6.45) is -34.3. The lowest BCUT2D eigenvalue weighted by Crippen LogP contribution is -2.41. The maximum absolute atomic E-state index is 14.5. The molecule has 50 heavy (non-hydrogen) atoms. The van der Waals surface area contributed by atoms with Crippen molar-refractivity contribution in [1.29, 1.82) is 0 Å². The molecule has 0 amide bonds. The van der Waals surface area contributed by atoms with Gasteiger partial charge in [0.15, 0.2) is 0 Å². The lowest BCUT2D eigenvalue weighted by atomic mass is 10.0. The zero-order valence-corrected chi connectivity index (χ0v) is 23.8. The van der Waals surface area contributed by atoms with E-state index in [1.807, 2.05) is 0 Å². The summed E-state index contributed by atoms with van der Waals surface area (Å²) in [6, 6.07) is 1.34. The van der Waals surface area contributed by atoms with Crippen LogP contribution in [0.2, 0.25) is 0 Å². The van der Waals surface area contributed by atoms with Crippen LogP contribution in [-0.2, 0) is 37.1 Å². The quantitative estimate of drug-likeness (QED) is 0.148. The highest BCUT2D eigenvalue weighted by Crippen LogP contribution is 2.54. The number of benzene rings is 4. The van der Waals surface area contributed by atoms with E-state index in [0.717, 1.165) is 0 Å². The van der Waals surface area contributed by atoms with Crippen molar-refractivity contribution >= 4 is 22.7 Å². The summed E-state index contributed by atoms with van der Waals surface area (Å²) in [5, 5.41) is -1.04. The lowest BCUT2D eigenvalue weighted by Gasteiger charge is -2.42. The third-order valence-electron chi connectivity index (χ3n) is 6.80. The summed E-state index contributed by atoms with van der Waals surface area (Å²) in [5.41, 5.74) is -20.1.